The van der Waals surface area contributed by atoms with Crippen LogP contribution in [0.3, 0.4) is 0 Å². The fourth-order valence-corrected chi connectivity index (χ4v) is 4.44. The number of aromatic nitrogens is 2. The molecule has 2 heterocycles. The average Bonchev–Trinajstić information content (AvgIpc) is 3.44. The number of nitrogens with zero attached hydrogens (tertiary/aromatic N) is 4. The Kier molecular flexibility index (Phi) is 9.16. The first-order valence-corrected chi connectivity index (χ1v) is 13.4. The predicted octanol–water partition coefficient (Wildman–Crippen LogP) is 4.61. The molecule has 1 amide bonds. The second kappa shape index (κ2) is 13.5. The highest BCUT2D eigenvalue weighted by Gasteiger charge is 2.16. The first-order valence-electron chi connectivity index (χ1n) is 13.4. The van der Waals surface area contributed by atoms with Crippen molar-refractivity contribution in [3.05, 3.63) is 108 Å². The standard InChI is InChI=1S/C32H30FN5O3/c33-28-10-6-24(7-11-28)23-41-30-12-8-25(9-13-30)31-27(22-38(36-31)29-4-2-1-3-5-29)20-26(21-34)32(39)35-14-15-37-16-18-40-19-17-37/h1-13,20,22H,14-19,23H2,(H,35,39)/b26-20+. The monoisotopic (exact) mass is 551 g/mol. The second-order valence-electron chi connectivity index (χ2n) is 9.53. The minimum absolute atomic E-state index is 0.0000838. The van der Waals surface area contributed by atoms with E-state index in [1.807, 2.05) is 66.9 Å². The lowest BCUT2D eigenvalue weighted by Gasteiger charge is -2.26. The van der Waals surface area contributed by atoms with Gasteiger partial charge in [0.05, 0.1) is 24.6 Å². The third-order valence-electron chi connectivity index (χ3n) is 6.69. The predicted molar refractivity (Wildman–Crippen MR) is 154 cm³/mol. The number of hydrogen-bond acceptors (Lipinski definition) is 6. The first kappa shape index (κ1) is 27.8. The van der Waals surface area contributed by atoms with Crippen molar-refractivity contribution in [1.29, 1.82) is 5.26 Å². The van der Waals surface area contributed by atoms with Gasteiger partial charge in [-0.2, -0.15) is 10.4 Å². The summed E-state index contributed by atoms with van der Waals surface area (Å²) in [5.74, 6) is -0.0679. The quantitative estimate of drug-likeness (QED) is 0.229. The number of carbonyl (C=O) groups is 1. The number of halogens is 1. The Balaban J connectivity index is 1.35. The van der Waals surface area contributed by atoms with Crippen LogP contribution in [-0.2, 0) is 16.1 Å². The minimum Gasteiger partial charge on any atom is -0.489 e. The van der Waals surface area contributed by atoms with E-state index in [4.69, 9.17) is 14.6 Å². The Morgan fingerprint density at radius 2 is 1.78 bits per heavy atom. The molecule has 9 heteroatoms. The number of morpholine rings is 1. The van der Waals surface area contributed by atoms with Gasteiger partial charge in [0.2, 0.25) is 0 Å². The van der Waals surface area contributed by atoms with Crippen LogP contribution >= 0.6 is 0 Å². The number of rotatable bonds is 10. The van der Waals surface area contributed by atoms with Crippen molar-refractivity contribution < 1.29 is 18.7 Å². The molecule has 8 nitrogen and oxygen atoms in total. The highest BCUT2D eigenvalue weighted by Crippen LogP contribution is 2.28. The van der Waals surface area contributed by atoms with E-state index in [1.165, 1.54) is 12.1 Å². The molecule has 5 rings (SSSR count). The van der Waals surface area contributed by atoms with Gasteiger partial charge < -0.3 is 14.8 Å². The molecule has 0 spiro atoms. The lowest BCUT2D eigenvalue weighted by molar-refractivity contribution is -0.117. The molecule has 0 unspecified atom stereocenters. The van der Waals surface area contributed by atoms with E-state index in [1.54, 1.807) is 22.9 Å². The highest BCUT2D eigenvalue weighted by atomic mass is 19.1. The van der Waals surface area contributed by atoms with Gasteiger partial charge in [-0.15, -0.1) is 0 Å². The van der Waals surface area contributed by atoms with E-state index in [9.17, 15) is 14.4 Å². The van der Waals surface area contributed by atoms with Crippen LogP contribution in [0.25, 0.3) is 23.0 Å². The highest BCUT2D eigenvalue weighted by molar-refractivity contribution is 6.02. The van der Waals surface area contributed by atoms with E-state index >= 15 is 0 Å². The molecular weight excluding hydrogens is 521 g/mol. The van der Waals surface area contributed by atoms with Crippen molar-refractivity contribution in [1.82, 2.24) is 20.0 Å². The van der Waals surface area contributed by atoms with Gasteiger partial charge in [0.15, 0.2) is 0 Å². The third kappa shape index (κ3) is 7.45. The van der Waals surface area contributed by atoms with E-state index in [-0.39, 0.29) is 11.4 Å². The maximum atomic E-state index is 13.2. The first-order chi connectivity index (χ1) is 20.1. The van der Waals surface area contributed by atoms with Crippen molar-refractivity contribution in [2.75, 3.05) is 39.4 Å². The number of amides is 1. The van der Waals surface area contributed by atoms with Gasteiger partial charge in [0, 0.05) is 43.5 Å². The maximum absolute atomic E-state index is 13.2. The molecule has 0 saturated carbocycles. The summed E-state index contributed by atoms with van der Waals surface area (Å²) >= 11 is 0. The Labute approximate surface area is 238 Å². The van der Waals surface area contributed by atoms with Crippen LogP contribution in [0.1, 0.15) is 11.1 Å². The van der Waals surface area contributed by atoms with Gasteiger partial charge >= 0.3 is 0 Å². The number of para-hydroxylation sites is 1. The Bertz CT molecular complexity index is 1520. The largest absolute Gasteiger partial charge is 0.489 e. The van der Waals surface area contributed by atoms with Gasteiger partial charge in [0.25, 0.3) is 5.91 Å². The number of benzene rings is 3. The molecule has 0 aliphatic carbocycles. The van der Waals surface area contributed by atoms with Crippen LogP contribution in [0.2, 0.25) is 0 Å². The molecule has 0 atom stereocenters. The molecule has 0 radical (unpaired) electrons. The molecule has 0 bridgehead atoms. The molecule has 3 aromatic carbocycles. The van der Waals surface area contributed by atoms with Crippen LogP contribution in [0, 0.1) is 17.1 Å². The van der Waals surface area contributed by atoms with Gasteiger partial charge in [-0.05, 0) is 60.2 Å². The normalized spacial score (nSPS) is 13.9. The van der Waals surface area contributed by atoms with Crippen LogP contribution in [0.15, 0.2) is 90.6 Å². The molecule has 4 aromatic rings. The van der Waals surface area contributed by atoms with Crippen LogP contribution < -0.4 is 10.1 Å². The fraction of sp³-hybridized carbons (Fsp3) is 0.219. The maximum Gasteiger partial charge on any atom is 0.262 e. The summed E-state index contributed by atoms with van der Waals surface area (Å²) in [7, 11) is 0. The molecule has 1 fully saturated rings. The molecule has 41 heavy (non-hydrogen) atoms. The van der Waals surface area contributed by atoms with Crippen molar-refractivity contribution >= 4 is 12.0 Å². The van der Waals surface area contributed by atoms with Crippen LogP contribution in [0.5, 0.6) is 5.75 Å². The molecule has 1 N–H and O–H groups in total. The van der Waals surface area contributed by atoms with E-state index < -0.39 is 5.91 Å². The summed E-state index contributed by atoms with van der Waals surface area (Å²) < 4.78 is 26.1. The molecule has 1 aliphatic rings. The van der Waals surface area contributed by atoms with Crippen molar-refractivity contribution in [3.8, 4) is 28.8 Å². The Morgan fingerprint density at radius 1 is 1.05 bits per heavy atom. The van der Waals surface area contributed by atoms with Gasteiger partial charge in [0.1, 0.15) is 29.8 Å². The molecule has 1 aliphatic heterocycles. The third-order valence-corrected chi connectivity index (χ3v) is 6.69. The lowest BCUT2D eigenvalue weighted by Crippen LogP contribution is -2.41. The zero-order valence-corrected chi connectivity index (χ0v) is 22.5. The zero-order chi connectivity index (χ0) is 28.4. The summed E-state index contributed by atoms with van der Waals surface area (Å²) in [5.41, 5.74) is 3.75. The fourth-order valence-electron chi connectivity index (χ4n) is 4.44. The smallest absolute Gasteiger partial charge is 0.262 e. The van der Waals surface area contributed by atoms with E-state index in [0.29, 0.717) is 49.9 Å². The van der Waals surface area contributed by atoms with Crippen molar-refractivity contribution in [3.63, 3.8) is 0 Å². The summed E-state index contributed by atoms with van der Waals surface area (Å²) in [6.07, 6.45) is 3.38. The molecular formula is C32H30FN5O3. The van der Waals surface area contributed by atoms with Crippen LogP contribution in [-0.4, -0.2) is 60.0 Å². The lowest BCUT2D eigenvalue weighted by atomic mass is 10.1. The molecule has 208 valence electrons. The topological polar surface area (TPSA) is 92.4 Å². The Morgan fingerprint density at radius 3 is 2.49 bits per heavy atom. The SMILES string of the molecule is N#C/C(=C\c1cn(-c2ccccc2)nc1-c1ccc(OCc2ccc(F)cc2)cc1)C(=O)NCCN1CCOCC1. The molecule has 1 aromatic heterocycles. The zero-order valence-electron chi connectivity index (χ0n) is 22.5. The van der Waals surface area contributed by atoms with Crippen molar-refractivity contribution in [2.45, 2.75) is 6.61 Å². The van der Waals surface area contributed by atoms with Gasteiger partial charge in [-0.3, -0.25) is 9.69 Å². The van der Waals surface area contributed by atoms with Crippen LogP contribution in [0.4, 0.5) is 4.39 Å². The van der Waals surface area contributed by atoms with Crippen molar-refractivity contribution in [2.24, 2.45) is 0 Å². The van der Waals surface area contributed by atoms with E-state index in [2.05, 4.69) is 10.2 Å². The summed E-state index contributed by atoms with van der Waals surface area (Å²) in [6.45, 7) is 4.47. The summed E-state index contributed by atoms with van der Waals surface area (Å²) in [6, 6.07) is 25.3. The number of ether oxygens (including phenoxy) is 2. The van der Waals surface area contributed by atoms with E-state index in [0.717, 1.165) is 29.9 Å². The number of nitrogens with one attached hydrogen (secondary N) is 1. The number of nitriles is 1. The number of carbonyl (C=O) groups excluding carboxylic acids is 1. The minimum atomic E-state index is -0.427. The second-order valence-corrected chi connectivity index (χ2v) is 9.53. The summed E-state index contributed by atoms with van der Waals surface area (Å²) in [4.78, 5) is 15.1. The average molecular weight is 552 g/mol. The molecule has 1 saturated heterocycles. The number of hydrogen-bond donors (Lipinski definition) is 1. The van der Waals surface area contributed by atoms with Gasteiger partial charge in [-0.1, -0.05) is 30.3 Å². The van der Waals surface area contributed by atoms with Gasteiger partial charge in [-0.25, -0.2) is 9.07 Å². The summed E-state index contributed by atoms with van der Waals surface area (Å²) in [5, 5.41) is 17.5. The Hall–Kier alpha value is -4.78.